The lowest BCUT2D eigenvalue weighted by Crippen LogP contribution is -2.02. The van der Waals surface area contributed by atoms with Crippen molar-refractivity contribution in [3.05, 3.63) is 0 Å². The van der Waals surface area contributed by atoms with Crippen LogP contribution in [0.4, 0.5) is 0 Å². The van der Waals surface area contributed by atoms with Crippen molar-refractivity contribution in [1.29, 1.82) is 0 Å². The lowest BCUT2D eigenvalue weighted by atomic mass is 10.1. The number of hydrogen-bond donors (Lipinski definition) is 2. The summed E-state index contributed by atoms with van der Waals surface area (Å²) < 4.78 is 0. The number of carboxylic acids is 1. The van der Waals surface area contributed by atoms with Gasteiger partial charge < -0.3 is 10.2 Å². The van der Waals surface area contributed by atoms with Gasteiger partial charge in [-0.15, -0.1) is 6.42 Å². The molecule has 0 aliphatic carbocycles. The zero-order valence-corrected chi connectivity index (χ0v) is 11.1. The van der Waals surface area contributed by atoms with Crippen LogP contribution in [0.5, 0.6) is 0 Å². The smallest absolute Gasteiger partial charge is 0.303 e. The highest BCUT2D eigenvalue weighted by Crippen LogP contribution is 2.09. The van der Waals surface area contributed by atoms with Gasteiger partial charge in [-0.3, -0.25) is 4.79 Å². The number of rotatable bonds is 9. The fraction of sp³-hybridized carbons (Fsp3) is 0.562. The summed E-state index contributed by atoms with van der Waals surface area (Å²) in [6.45, 7) is 0. The van der Waals surface area contributed by atoms with Crippen molar-refractivity contribution in [2.45, 2.75) is 57.5 Å². The molecule has 0 rings (SSSR count). The van der Waals surface area contributed by atoms with E-state index in [2.05, 4.69) is 29.6 Å². The molecule has 0 aliphatic rings. The van der Waals surface area contributed by atoms with E-state index in [0.29, 0.717) is 6.42 Å². The molecule has 0 aromatic heterocycles. The molecule has 0 fully saturated rings. The van der Waals surface area contributed by atoms with Gasteiger partial charge in [0.15, 0.2) is 0 Å². The van der Waals surface area contributed by atoms with Crippen LogP contribution in [0, 0.1) is 36.0 Å². The van der Waals surface area contributed by atoms with Crippen molar-refractivity contribution >= 4 is 5.97 Å². The lowest BCUT2D eigenvalue weighted by molar-refractivity contribution is -0.137. The molecule has 0 aromatic rings. The molecule has 0 aliphatic heterocycles. The number of terminal acetylenes is 1. The van der Waals surface area contributed by atoms with Gasteiger partial charge in [-0.2, -0.15) is 0 Å². The van der Waals surface area contributed by atoms with Gasteiger partial charge in [0, 0.05) is 6.42 Å². The van der Waals surface area contributed by atoms with Crippen molar-refractivity contribution in [2.75, 3.05) is 0 Å². The Hall–Kier alpha value is -1.89. The Balaban J connectivity index is 3.41. The van der Waals surface area contributed by atoms with Gasteiger partial charge in [0.2, 0.25) is 0 Å². The second kappa shape index (κ2) is 12.6. The normalized spacial score (nSPS) is 10.3. The van der Waals surface area contributed by atoms with E-state index in [9.17, 15) is 9.90 Å². The van der Waals surface area contributed by atoms with Gasteiger partial charge in [-0.1, -0.05) is 31.6 Å². The van der Waals surface area contributed by atoms with Gasteiger partial charge in [0.05, 0.1) is 0 Å². The first-order chi connectivity index (χ1) is 9.16. The minimum Gasteiger partial charge on any atom is -0.481 e. The highest BCUT2D eigenvalue weighted by Gasteiger charge is 1.99. The second-order valence-corrected chi connectivity index (χ2v) is 4.23. The molecule has 0 saturated carbocycles. The Morgan fingerprint density at radius 2 is 1.63 bits per heavy atom. The number of aliphatic hydroxyl groups is 1. The first-order valence-electron chi connectivity index (χ1n) is 6.53. The molecular formula is C16H20O3. The molecule has 3 nitrogen and oxygen atoms in total. The number of hydrogen-bond acceptors (Lipinski definition) is 2. The molecule has 0 radical (unpaired) electrons. The molecule has 3 heteroatoms. The minimum absolute atomic E-state index is 0.257. The summed E-state index contributed by atoms with van der Waals surface area (Å²) in [5, 5.41) is 18.0. The fourth-order valence-corrected chi connectivity index (χ4v) is 1.58. The topological polar surface area (TPSA) is 57.5 Å². The first kappa shape index (κ1) is 17.1. The Labute approximate surface area is 115 Å². The van der Waals surface area contributed by atoms with E-state index in [-0.39, 0.29) is 6.42 Å². The molecule has 0 amide bonds. The Morgan fingerprint density at radius 1 is 1.00 bits per heavy atom. The maximum absolute atomic E-state index is 10.3. The highest BCUT2D eigenvalue weighted by atomic mass is 16.4. The molecule has 0 spiro atoms. The summed E-state index contributed by atoms with van der Waals surface area (Å²) in [6, 6.07) is 0. The SMILES string of the molecule is C#CC#CC#CC(O)CCCCCCCCC(=O)O. The van der Waals surface area contributed by atoms with Crippen molar-refractivity contribution in [2.24, 2.45) is 0 Å². The third-order valence-corrected chi connectivity index (χ3v) is 2.55. The van der Waals surface area contributed by atoms with E-state index in [1.807, 2.05) is 0 Å². The average molecular weight is 260 g/mol. The predicted molar refractivity (Wildman–Crippen MR) is 75.0 cm³/mol. The summed E-state index contributed by atoms with van der Waals surface area (Å²) in [4.78, 5) is 10.3. The summed E-state index contributed by atoms with van der Waals surface area (Å²) >= 11 is 0. The lowest BCUT2D eigenvalue weighted by Gasteiger charge is -2.03. The van der Waals surface area contributed by atoms with Gasteiger partial charge in [-0.05, 0) is 42.9 Å². The quantitative estimate of drug-likeness (QED) is 0.493. The van der Waals surface area contributed by atoms with Crippen LogP contribution < -0.4 is 0 Å². The number of carbonyl (C=O) groups is 1. The fourth-order valence-electron chi connectivity index (χ4n) is 1.58. The van der Waals surface area contributed by atoms with E-state index in [4.69, 9.17) is 11.5 Å². The van der Waals surface area contributed by atoms with Gasteiger partial charge in [0.1, 0.15) is 6.10 Å². The first-order valence-corrected chi connectivity index (χ1v) is 6.53. The van der Waals surface area contributed by atoms with Gasteiger partial charge in [0.25, 0.3) is 0 Å². The van der Waals surface area contributed by atoms with E-state index in [0.717, 1.165) is 38.5 Å². The van der Waals surface area contributed by atoms with Gasteiger partial charge in [-0.25, -0.2) is 0 Å². The minimum atomic E-state index is -0.727. The number of unbranched alkanes of at least 4 members (excludes halogenated alkanes) is 5. The Morgan fingerprint density at radius 3 is 2.26 bits per heavy atom. The van der Waals surface area contributed by atoms with E-state index >= 15 is 0 Å². The monoisotopic (exact) mass is 260 g/mol. The van der Waals surface area contributed by atoms with Crippen LogP contribution in [0.15, 0.2) is 0 Å². The van der Waals surface area contributed by atoms with Crippen molar-refractivity contribution in [3.8, 4) is 36.0 Å². The molecule has 2 N–H and O–H groups in total. The summed E-state index contributed by atoms with van der Waals surface area (Å²) in [6.07, 6.45) is 10.9. The summed E-state index contributed by atoms with van der Waals surface area (Å²) in [7, 11) is 0. The molecule has 1 atom stereocenters. The number of aliphatic carboxylic acids is 1. The Bertz CT molecular complexity index is 409. The zero-order valence-electron chi connectivity index (χ0n) is 11.1. The molecule has 0 aromatic carbocycles. The largest absolute Gasteiger partial charge is 0.481 e. The number of carboxylic acid groups (broad SMARTS) is 1. The maximum Gasteiger partial charge on any atom is 0.303 e. The molecule has 19 heavy (non-hydrogen) atoms. The van der Waals surface area contributed by atoms with Crippen LogP contribution in [0.3, 0.4) is 0 Å². The second-order valence-electron chi connectivity index (χ2n) is 4.23. The van der Waals surface area contributed by atoms with Crippen LogP contribution >= 0.6 is 0 Å². The van der Waals surface area contributed by atoms with Crippen LogP contribution in [0.2, 0.25) is 0 Å². The molecule has 0 heterocycles. The molecule has 1 unspecified atom stereocenters. The van der Waals surface area contributed by atoms with Crippen LogP contribution in [-0.2, 0) is 4.79 Å². The third-order valence-electron chi connectivity index (χ3n) is 2.55. The van der Waals surface area contributed by atoms with Gasteiger partial charge >= 0.3 is 5.97 Å². The molecule has 102 valence electrons. The summed E-state index contributed by atoms with van der Waals surface area (Å²) in [5.74, 6) is 11.3. The van der Waals surface area contributed by atoms with Crippen LogP contribution in [0.25, 0.3) is 0 Å². The van der Waals surface area contributed by atoms with Crippen molar-refractivity contribution in [3.63, 3.8) is 0 Å². The van der Waals surface area contributed by atoms with E-state index in [1.165, 1.54) is 0 Å². The molecule has 0 bridgehead atoms. The molecular weight excluding hydrogens is 240 g/mol. The van der Waals surface area contributed by atoms with Crippen LogP contribution in [0.1, 0.15) is 51.4 Å². The predicted octanol–water partition coefficient (Wildman–Crippen LogP) is 2.19. The number of aliphatic hydroxyl groups excluding tert-OH is 1. The average Bonchev–Trinajstić information content (AvgIpc) is 2.37. The zero-order chi connectivity index (χ0) is 14.3. The standard InChI is InChI=1S/C16H20O3/c1-2-3-4-9-12-15(17)13-10-7-5-6-8-11-14-16(18)19/h1,15,17H,5-8,10-11,13-14H2,(H,18,19). The summed E-state index contributed by atoms with van der Waals surface area (Å²) in [5.41, 5.74) is 0. The molecule has 0 saturated heterocycles. The van der Waals surface area contributed by atoms with Crippen molar-refractivity contribution < 1.29 is 15.0 Å². The van der Waals surface area contributed by atoms with E-state index in [1.54, 1.807) is 0 Å². The highest BCUT2D eigenvalue weighted by molar-refractivity contribution is 5.66. The van der Waals surface area contributed by atoms with E-state index < -0.39 is 12.1 Å². The van der Waals surface area contributed by atoms with Crippen LogP contribution in [-0.4, -0.2) is 22.3 Å². The Kier molecular flexibility index (Phi) is 11.3. The van der Waals surface area contributed by atoms with Crippen molar-refractivity contribution in [1.82, 2.24) is 0 Å². The maximum atomic E-state index is 10.3. The third kappa shape index (κ3) is 14.0.